The maximum Gasteiger partial charge on any atom is 0.189 e. The molecular weight excluding hydrogens is 230 g/mol. The first-order valence-electron chi connectivity index (χ1n) is 5.94. The summed E-state index contributed by atoms with van der Waals surface area (Å²) in [5.41, 5.74) is 8.26. The number of hydrogen-bond acceptors (Lipinski definition) is 5. The zero-order valence-corrected chi connectivity index (χ0v) is 10.3. The molecule has 0 aliphatic heterocycles. The Labute approximate surface area is 103 Å². The molecule has 3 aromatic heterocycles. The molecule has 0 fully saturated rings. The minimum Gasteiger partial charge on any atom is -0.340 e. The van der Waals surface area contributed by atoms with E-state index in [1.165, 1.54) is 0 Å². The molecule has 0 saturated carbocycles. The Balaban J connectivity index is 2.08. The first kappa shape index (κ1) is 11.1. The third kappa shape index (κ3) is 1.63. The average molecular weight is 245 g/mol. The van der Waals surface area contributed by atoms with E-state index in [0.717, 1.165) is 17.0 Å². The summed E-state index contributed by atoms with van der Waals surface area (Å²) < 4.78 is 1.86. The van der Waals surface area contributed by atoms with Crippen LogP contribution in [-0.2, 0) is 6.42 Å². The fourth-order valence-corrected chi connectivity index (χ4v) is 1.86. The van der Waals surface area contributed by atoms with Gasteiger partial charge < -0.3 is 10.7 Å². The van der Waals surface area contributed by atoms with Crippen LogP contribution in [0.2, 0.25) is 0 Å². The van der Waals surface area contributed by atoms with Gasteiger partial charge in [-0.3, -0.25) is 4.40 Å². The number of nitrogens with one attached hydrogen (secondary N) is 1. The van der Waals surface area contributed by atoms with Crippen molar-refractivity contribution in [2.45, 2.75) is 26.3 Å². The lowest BCUT2D eigenvalue weighted by atomic mass is 10.0. The number of nitrogens with two attached hydrogens (primary N) is 1. The van der Waals surface area contributed by atoms with Crippen molar-refractivity contribution in [2.75, 3.05) is 0 Å². The fourth-order valence-electron chi connectivity index (χ4n) is 1.86. The maximum absolute atomic E-state index is 6.07. The van der Waals surface area contributed by atoms with Crippen molar-refractivity contribution >= 4 is 16.8 Å². The van der Waals surface area contributed by atoms with Crippen molar-refractivity contribution < 1.29 is 0 Å². The number of aromatic amines is 1. The van der Waals surface area contributed by atoms with E-state index in [4.69, 9.17) is 5.73 Å². The van der Waals surface area contributed by atoms with Crippen molar-refractivity contribution in [1.82, 2.24) is 29.5 Å². The summed E-state index contributed by atoms with van der Waals surface area (Å²) in [5.74, 6) is 1.23. The molecule has 94 valence electrons. The van der Waals surface area contributed by atoms with Crippen molar-refractivity contribution in [3.8, 4) is 0 Å². The summed E-state index contributed by atoms with van der Waals surface area (Å²) in [6.45, 7) is 4.19. The van der Waals surface area contributed by atoms with Gasteiger partial charge in [-0.2, -0.15) is 0 Å². The zero-order valence-electron chi connectivity index (χ0n) is 10.3. The van der Waals surface area contributed by atoms with Crippen LogP contribution in [0.4, 0.5) is 0 Å². The molecule has 3 aromatic rings. The summed E-state index contributed by atoms with van der Waals surface area (Å²) in [6.07, 6.45) is 3.98. The van der Waals surface area contributed by atoms with E-state index in [0.29, 0.717) is 18.0 Å². The fraction of sp³-hybridized carbons (Fsp3) is 0.455. The molecule has 0 saturated heterocycles. The van der Waals surface area contributed by atoms with Crippen LogP contribution in [0.25, 0.3) is 16.8 Å². The smallest absolute Gasteiger partial charge is 0.189 e. The van der Waals surface area contributed by atoms with E-state index in [1.807, 2.05) is 4.40 Å². The topological polar surface area (TPSA) is 97.8 Å². The third-order valence-electron chi connectivity index (χ3n) is 3.18. The first-order valence-corrected chi connectivity index (χ1v) is 5.94. The van der Waals surface area contributed by atoms with Crippen LogP contribution in [0.1, 0.15) is 19.7 Å². The summed E-state index contributed by atoms with van der Waals surface area (Å²) in [6, 6.07) is 0.0647. The quantitative estimate of drug-likeness (QED) is 0.701. The molecule has 0 spiro atoms. The monoisotopic (exact) mass is 245 g/mol. The van der Waals surface area contributed by atoms with E-state index in [9.17, 15) is 0 Å². The van der Waals surface area contributed by atoms with Gasteiger partial charge in [-0.05, 0) is 5.92 Å². The lowest BCUT2D eigenvalue weighted by Crippen LogP contribution is -2.29. The summed E-state index contributed by atoms with van der Waals surface area (Å²) in [4.78, 5) is 11.4. The number of nitrogens with zero attached hydrogens (tertiary/aromatic N) is 5. The number of fused-ring (bicyclic) bond motifs is 3. The van der Waals surface area contributed by atoms with Crippen molar-refractivity contribution in [3.63, 3.8) is 0 Å². The molecule has 18 heavy (non-hydrogen) atoms. The highest BCUT2D eigenvalue weighted by Gasteiger charge is 2.15. The SMILES string of the molecule is CC(C)C(N)Cc1nnc2c3[nH]cnc3ncn12. The number of hydrogen-bond donors (Lipinski definition) is 2. The van der Waals surface area contributed by atoms with Gasteiger partial charge in [0.15, 0.2) is 11.3 Å². The Morgan fingerprint density at radius 1 is 1.33 bits per heavy atom. The molecule has 7 heteroatoms. The summed E-state index contributed by atoms with van der Waals surface area (Å²) in [7, 11) is 0. The van der Waals surface area contributed by atoms with E-state index < -0.39 is 0 Å². The number of rotatable bonds is 3. The Morgan fingerprint density at radius 2 is 2.17 bits per heavy atom. The van der Waals surface area contributed by atoms with Gasteiger partial charge in [-0.25, -0.2) is 9.97 Å². The van der Waals surface area contributed by atoms with Gasteiger partial charge in [0.25, 0.3) is 0 Å². The minimum atomic E-state index is 0.0647. The average Bonchev–Trinajstić information content (AvgIpc) is 2.94. The van der Waals surface area contributed by atoms with Crippen LogP contribution in [-0.4, -0.2) is 35.6 Å². The lowest BCUT2D eigenvalue weighted by Gasteiger charge is -2.13. The Morgan fingerprint density at radius 3 is 2.94 bits per heavy atom. The second kappa shape index (κ2) is 4.02. The number of H-pyrrole nitrogens is 1. The maximum atomic E-state index is 6.07. The summed E-state index contributed by atoms with van der Waals surface area (Å²) in [5, 5.41) is 8.37. The normalized spacial score (nSPS) is 13.8. The molecule has 3 heterocycles. The number of imidazole rings is 1. The van der Waals surface area contributed by atoms with Crippen LogP contribution in [0.5, 0.6) is 0 Å². The molecule has 3 rings (SSSR count). The molecule has 0 amide bonds. The molecule has 0 bridgehead atoms. The van der Waals surface area contributed by atoms with Crippen LogP contribution in [0.3, 0.4) is 0 Å². The molecule has 0 aliphatic carbocycles. The van der Waals surface area contributed by atoms with Crippen LogP contribution >= 0.6 is 0 Å². The van der Waals surface area contributed by atoms with Gasteiger partial charge in [0.1, 0.15) is 17.7 Å². The first-order chi connectivity index (χ1) is 8.66. The van der Waals surface area contributed by atoms with Gasteiger partial charge >= 0.3 is 0 Å². The van der Waals surface area contributed by atoms with Crippen molar-refractivity contribution in [3.05, 3.63) is 18.5 Å². The largest absolute Gasteiger partial charge is 0.340 e. The zero-order chi connectivity index (χ0) is 12.7. The Kier molecular flexibility index (Phi) is 2.48. The van der Waals surface area contributed by atoms with E-state index in [1.54, 1.807) is 12.7 Å². The molecule has 0 aliphatic rings. The van der Waals surface area contributed by atoms with Crippen LogP contribution in [0.15, 0.2) is 12.7 Å². The molecule has 3 N–H and O–H groups in total. The minimum absolute atomic E-state index is 0.0647. The van der Waals surface area contributed by atoms with Crippen molar-refractivity contribution in [1.29, 1.82) is 0 Å². The van der Waals surface area contributed by atoms with Gasteiger partial charge in [-0.15, -0.1) is 10.2 Å². The molecule has 7 nitrogen and oxygen atoms in total. The highest BCUT2D eigenvalue weighted by atomic mass is 15.3. The Bertz CT molecular complexity index is 681. The lowest BCUT2D eigenvalue weighted by molar-refractivity contribution is 0.480. The van der Waals surface area contributed by atoms with Gasteiger partial charge in [0.2, 0.25) is 0 Å². The number of aromatic nitrogens is 6. The molecule has 0 aromatic carbocycles. The molecular formula is C11H15N7. The summed E-state index contributed by atoms with van der Waals surface area (Å²) >= 11 is 0. The predicted octanol–water partition coefficient (Wildman–Crippen LogP) is 0.526. The standard InChI is InChI=1S/C11H15N7/c1-6(2)7(12)3-8-16-17-11-9-10(14-4-13-9)15-5-18(8)11/h4-7H,3,12H2,1-2H3,(H,13,14). The Hall–Kier alpha value is -2.02. The highest BCUT2D eigenvalue weighted by Crippen LogP contribution is 2.14. The molecule has 0 radical (unpaired) electrons. The second-order valence-electron chi connectivity index (χ2n) is 4.77. The highest BCUT2D eigenvalue weighted by molar-refractivity contribution is 5.84. The van der Waals surface area contributed by atoms with E-state index >= 15 is 0 Å². The van der Waals surface area contributed by atoms with E-state index in [2.05, 4.69) is 39.0 Å². The second-order valence-corrected chi connectivity index (χ2v) is 4.77. The third-order valence-corrected chi connectivity index (χ3v) is 3.18. The molecule has 1 atom stereocenters. The predicted molar refractivity (Wildman–Crippen MR) is 67.0 cm³/mol. The van der Waals surface area contributed by atoms with Gasteiger partial charge in [0, 0.05) is 12.5 Å². The van der Waals surface area contributed by atoms with Crippen molar-refractivity contribution in [2.24, 2.45) is 11.7 Å². The van der Waals surface area contributed by atoms with Crippen LogP contribution < -0.4 is 5.73 Å². The molecule has 1 unspecified atom stereocenters. The van der Waals surface area contributed by atoms with Gasteiger partial charge in [0.05, 0.1) is 6.33 Å². The van der Waals surface area contributed by atoms with E-state index in [-0.39, 0.29) is 6.04 Å². The van der Waals surface area contributed by atoms with Gasteiger partial charge in [-0.1, -0.05) is 13.8 Å². The van der Waals surface area contributed by atoms with Crippen LogP contribution in [0, 0.1) is 5.92 Å².